The van der Waals surface area contributed by atoms with Gasteiger partial charge < -0.3 is 15.0 Å². The number of rotatable bonds is 3. The Bertz CT molecular complexity index is 775. The van der Waals surface area contributed by atoms with Crippen LogP contribution in [0, 0.1) is 5.82 Å². The van der Waals surface area contributed by atoms with Gasteiger partial charge >= 0.3 is 0 Å². The lowest BCUT2D eigenvalue weighted by Crippen LogP contribution is -2.37. The van der Waals surface area contributed by atoms with Crippen molar-refractivity contribution in [2.45, 2.75) is 12.3 Å². The number of carbonyl (C=O) groups excluding carboxylic acids is 1. The van der Waals surface area contributed by atoms with E-state index in [1.54, 1.807) is 0 Å². The van der Waals surface area contributed by atoms with Gasteiger partial charge in [0, 0.05) is 37.5 Å². The maximum Gasteiger partial charge on any atom is 0.220 e. The van der Waals surface area contributed by atoms with Gasteiger partial charge in [-0.3, -0.25) is 4.79 Å². The Kier molecular flexibility index (Phi) is 4.31. The molecule has 1 unspecified atom stereocenters. The molecule has 2 aromatic rings. The van der Waals surface area contributed by atoms with Crippen molar-refractivity contribution < 1.29 is 13.9 Å². The van der Waals surface area contributed by atoms with E-state index in [9.17, 15) is 9.18 Å². The fourth-order valence-corrected chi connectivity index (χ4v) is 3.24. The van der Waals surface area contributed by atoms with Gasteiger partial charge in [-0.05, 0) is 5.56 Å². The molecule has 25 heavy (non-hydrogen) atoms. The number of anilines is 1. The van der Waals surface area contributed by atoms with E-state index < -0.39 is 5.82 Å². The fourth-order valence-electron chi connectivity index (χ4n) is 3.24. The fraction of sp³-hybridized carbons (Fsp3) is 0.389. The highest BCUT2D eigenvalue weighted by molar-refractivity contribution is 5.79. The highest BCUT2D eigenvalue weighted by atomic mass is 19.1. The molecule has 1 amide bonds. The molecule has 1 aromatic heterocycles. The average Bonchev–Trinajstić information content (AvgIpc) is 3.09. The smallest absolute Gasteiger partial charge is 0.220 e. The van der Waals surface area contributed by atoms with Gasteiger partial charge in [-0.15, -0.1) is 0 Å². The standard InChI is InChI=1S/C18H19FN4O2/c19-15-11-21-17(22-18(15)23-5-7-25-8-6-23)13-3-1-12(2-4-13)14-9-16(24)20-10-14/h1-4,11,14H,5-10H2,(H,20,24). The van der Waals surface area contributed by atoms with E-state index >= 15 is 0 Å². The Morgan fingerprint density at radius 3 is 2.64 bits per heavy atom. The van der Waals surface area contributed by atoms with Crippen LogP contribution >= 0.6 is 0 Å². The molecular formula is C18H19FN4O2. The van der Waals surface area contributed by atoms with E-state index in [2.05, 4.69) is 15.3 Å². The molecule has 6 nitrogen and oxygen atoms in total. The van der Waals surface area contributed by atoms with E-state index in [1.807, 2.05) is 29.2 Å². The summed E-state index contributed by atoms with van der Waals surface area (Å²) in [6.07, 6.45) is 1.74. The number of aromatic nitrogens is 2. The third-order valence-electron chi connectivity index (χ3n) is 4.65. The number of nitrogens with zero attached hydrogens (tertiary/aromatic N) is 3. The van der Waals surface area contributed by atoms with Crippen molar-refractivity contribution in [3.8, 4) is 11.4 Å². The quantitative estimate of drug-likeness (QED) is 0.920. The lowest BCUT2D eigenvalue weighted by atomic mass is 9.97. The van der Waals surface area contributed by atoms with Crippen LogP contribution in [0.25, 0.3) is 11.4 Å². The van der Waals surface area contributed by atoms with Crippen LogP contribution in [0.3, 0.4) is 0 Å². The topological polar surface area (TPSA) is 67.4 Å². The Balaban J connectivity index is 1.58. The van der Waals surface area contributed by atoms with Gasteiger partial charge in [0.25, 0.3) is 0 Å². The third kappa shape index (κ3) is 3.32. The van der Waals surface area contributed by atoms with Crippen LogP contribution in [0.4, 0.5) is 10.2 Å². The number of ether oxygens (including phenoxy) is 1. The van der Waals surface area contributed by atoms with E-state index in [0.29, 0.717) is 50.9 Å². The number of carbonyl (C=O) groups is 1. The van der Waals surface area contributed by atoms with Gasteiger partial charge in [0.15, 0.2) is 17.5 Å². The van der Waals surface area contributed by atoms with Gasteiger partial charge in [-0.2, -0.15) is 0 Å². The molecule has 2 fully saturated rings. The predicted molar refractivity (Wildman–Crippen MR) is 90.8 cm³/mol. The molecule has 1 atom stereocenters. The van der Waals surface area contributed by atoms with Gasteiger partial charge in [0.1, 0.15) is 0 Å². The lowest BCUT2D eigenvalue weighted by molar-refractivity contribution is -0.119. The normalized spacial score (nSPS) is 20.6. The molecular weight excluding hydrogens is 323 g/mol. The van der Waals surface area contributed by atoms with Crippen molar-refractivity contribution in [3.05, 3.63) is 41.8 Å². The first-order valence-electron chi connectivity index (χ1n) is 8.43. The molecule has 2 saturated heterocycles. The summed E-state index contributed by atoms with van der Waals surface area (Å²) in [5.41, 5.74) is 1.94. The zero-order chi connectivity index (χ0) is 17.2. The van der Waals surface area contributed by atoms with Crippen LogP contribution in [0.15, 0.2) is 30.5 Å². The monoisotopic (exact) mass is 342 g/mol. The zero-order valence-corrected chi connectivity index (χ0v) is 13.7. The number of amides is 1. The van der Waals surface area contributed by atoms with E-state index in [1.165, 1.54) is 6.20 Å². The number of hydrogen-bond acceptors (Lipinski definition) is 5. The number of halogens is 1. The number of hydrogen-bond donors (Lipinski definition) is 1. The molecule has 1 N–H and O–H groups in total. The first-order chi connectivity index (χ1) is 12.2. The summed E-state index contributed by atoms with van der Waals surface area (Å²) in [5, 5.41) is 2.84. The summed E-state index contributed by atoms with van der Waals surface area (Å²) in [6.45, 7) is 3.06. The Labute approximate surface area is 145 Å². The molecule has 130 valence electrons. The van der Waals surface area contributed by atoms with Gasteiger partial charge in [0.05, 0.1) is 19.4 Å². The second kappa shape index (κ2) is 6.76. The second-order valence-electron chi connectivity index (χ2n) is 6.29. The van der Waals surface area contributed by atoms with Crippen molar-refractivity contribution in [3.63, 3.8) is 0 Å². The van der Waals surface area contributed by atoms with Crippen LogP contribution in [-0.4, -0.2) is 48.7 Å². The molecule has 0 saturated carbocycles. The largest absolute Gasteiger partial charge is 0.378 e. The van der Waals surface area contributed by atoms with Gasteiger partial charge in [0.2, 0.25) is 5.91 Å². The van der Waals surface area contributed by atoms with Crippen molar-refractivity contribution in [1.29, 1.82) is 0 Å². The van der Waals surface area contributed by atoms with E-state index in [4.69, 9.17) is 4.74 Å². The first kappa shape index (κ1) is 16.0. The highest BCUT2D eigenvalue weighted by Gasteiger charge is 2.23. The van der Waals surface area contributed by atoms with Crippen molar-refractivity contribution in [1.82, 2.24) is 15.3 Å². The maximum atomic E-state index is 14.1. The number of morpholine rings is 1. The first-order valence-corrected chi connectivity index (χ1v) is 8.43. The minimum atomic E-state index is -0.419. The van der Waals surface area contributed by atoms with Crippen molar-refractivity contribution >= 4 is 11.7 Å². The summed E-state index contributed by atoms with van der Waals surface area (Å²) in [5.74, 6) is 0.696. The molecule has 2 aliphatic heterocycles. The summed E-state index contributed by atoms with van der Waals surface area (Å²) in [7, 11) is 0. The number of nitrogens with one attached hydrogen (secondary N) is 1. The van der Waals surface area contributed by atoms with Gasteiger partial charge in [-0.1, -0.05) is 24.3 Å². The number of benzene rings is 1. The molecule has 1 aromatic carbocycles. The molecule has 7 heteroatoms. The Morgan fingerprint density at radius 1 is 1.20 bits per heavy atom. The van der Waals surface area contributed by atoms with Gasteiger partial charge in [-0.25, -0.2) is 14.4 Å². The summed E-state index contributed by atoms with van der Waals surface area (Å²) >= 11 is 0. The lowest BCUT2D eigenvalue weighted by Gasteiger charge is -2.28. The molecule has 0 spiro atoms. The van der Waals surface area contributed by atoms with Crippen LogP contribution in [0.1, 0.15) is 17.9 Å². The molecule has 2 aliphatic rings. The van der Waals surface area contributed by atoms with Crippen LogP contribution in [0.5, 0.6) is 0 Å². The Hall–Kier alpha value is -2.54. The van der Waals surface area contributed by atoms with Crippen LogP contribution in [-0.2, 0) is 9.53 Å². The SMILES string of the molecule is O=C1CC(c2ccc(-c3ncc(F)c(N4CCOCC4)n3)cc2)CN1. The Morgan fingerprint density at radius 2 is 1.96 bits per heavy atom. The molecule has 0 bridgehead atoms. The molecule has 0 aliphatic carbocycles. The molecule has 4 rings (SSSR count). The minimum Gasteiger partial charge on any atom is -0.378 e. The highest BCUT2D eigenvalue weighted by Crippen LogP contribution is 2.26. The third-order valence-corrected chi connectivity index (χ3v) is 4.65. The van der Waals surface area contributed by atoms with Crippen molar-refractivity contribution in [2.24, 2.45) is 0 Å². The average molecular weight is 342 g/mol. The van der Waals surface area contributed by atoms with E-state index in [0.717, 1.165) is 11.1 Å². The van der Waals surface area contributed by atoms with Crippen LogP contribution < -0.4 is 10.2 Å². The molecule has 0 radical (unpaired) electrons. The summed E-state index contributed by atoms with van der Waals surface area (Å²) in [4.78, 5) is 21.8. The minimum absolute atomic E-state index is 0.0890. The van der Waals surface area contributed by atoms with Crippen LogP contribution in [0.2, 0.25) is 0 Å². The van der Waals surface area contributed by atoms with Crippen molar-refractivity contribution in [2.75, 3.05) is 37.7 Å². The predicted octanol–water partition coefficient (Wildman–Crippen LogP) is 1.72. The second-order valence-corrected chi connectivity index (χ2v) is 6.29. The van der Waals surface area contributed by atoms with E-state index in [-0.39, 0.29) is 11.8 Å². The molecule has 3 heterocycles. The summed E-state index contributed by atoms with van der Waals surface area (Å²) in [6, 6.07) is 7.83. The summed E-state index contributed by atoms with van der Waals surface area (Å²) < 4.78 is 19.4. The maximum absolute atomic E-state index is 14.1. The zero-order valence-electron chi connectivity index (χ0n) is 13.7.